The highest BCUT2D eigenvalue weighted by atomic mass is 16.5. The minimum atomic E-state index is -0.247. The first kappa shape index (κ1) is 16.3. The third-order valence-corrected chi connectivity index (χ3v) is 4.17. The Kier molecular flexibility index (Phi) is 5.32. The van der Waals surface area contributed by atoms with Crippen molar-refractivity contribution >= 4 is 11.5 Å². The molecule has 3 heteroatoms. The first-order valence-electron chi connectivity index (χ1n) is 8.62. The van der Waals surface area contributed by atoms with E-state index in [0.717, 1.165) is 23.9 Å². The van der Waals surface area contributed by atoms with Gasteiger partial charge in [0.1, 0.15) is 0 Å². The van der Waals surface area contributed by atoms with Crippen molar-refractivity contribution in [3.63, 3.8) is 0 Å². The van der Waals surface area contributed by atoms with Gasteiger partial charge in [0.2, 0.25) is 0 Å². The molecule has 3 nitrogen and oxygen atoms in total. The van der Waals surface area contributed by atoms with Crippen LogP contribution in [0.2, 0.25) is 0 Å². The van der Waals surface area contributed by atoms with Crippen LogP contribution in [0.15, 0.2) is 60.9 Å². The number of pyridine rings is 1. The summed E-state index contributed by atoms with van der Waals surface area (Å²) in [6.45, 7) is 2.67. The summed E-state index contributed by atoms with van der Waals surface area (Å²) in [5.41, 5.74) is 3.96. The molecule has 3 aromatic rings. The van der Waals surface area contributed by atoms with Crippen LogP contribution in [0.5, 0.6) is 0 Å². The number of benzene rings is 1. The molecule has 0 radical (unpaired) electrons. The van der Waals surface area contributed by atoms with E-state index in [0.29, 0.717) is 12.2 Å². The van der Waals surface area contributed by atoms with Crippen LogP contribution in [0, 0.1) is 0 Å². The van der Waals surface area contributed by atoms with Gasteiger partial charge in [0.25, 0.3) is 0 Å². The quantitative estimate of drug-likeness (QED) is 0.434. The van der Waals surface area contributed by atoms with E-state index >= 15 is 0 Å². The van der Waals surface area contributed by atoms with E-state index in [1.165, 1.54) is 18.4 Å². The Morgan fingerprint density at radius 2 is 1.79 bits per heavy atom. The molecule has 3 rings (SSSR count). The van der Waals surface area contributed by atoms with Crippen molar-refractivity contribution in [2.45, 2.75) is 32.6 Å². The molecule has 24 heavy (non-hydrogen) atoms. The molecule has 0 fully saturated rings. The predicted molar refractivity (Wildman–Crippen MR) is 97.3 cm³/mol. The summed E-state index contributed by atoms with van der Waals surface area (Å²) < 4.78 is 7.34. The lowest BCUT2D eigenvalue weighted by atomic mass is 10.1. The summed E-state index contributed by atoms with van der Waals surface area (Å²) >= 11 is 0. The number of fused-ring (bicyclic) bond motifs is 1. The van der Waals surface area contributed by atoms with E-state index < -0.39 is 0 Å². The molecule has 0 aliphatic heterocycles. The number of hydrogen-bond acceptors (Lipinski definition) is 2. The number of aromatic nitrogens is 1. The summed E-state index contributed by atoms with van der Waals surface area (Å²) in [6, 6.07) is 16.1. The smallest absolute Gasteiger partial charge is 0.339 e. The molecule has 2 heterocycles. The van der Waals surface area contributed by atoms with Gasteiger partial charge in [0.15, 0.2) is 0 Å². The van der Waals surface area contributed by atoms with Gasteiger partial charge in [-0.2, -0.15) is 0 Å². The molecule has 0 bridgehead atoms. The van der Waals surface area contributed by atoms with Gasteiger partial charge in [-0.05, 0) is 30.2 Å². The van der Waals surface area contributed by atoms with Crippen molar-refractivity contribution in [1.29, 1.82) is 0 Å². The molecule has 0 atom stereocenters. The maximum absolute atomic E-state index is 12.2. The molecule has 0 aliphatic rings. The van der Waals surface area contributed by atoms with Gasteiger partial charge >= 0.3 is 5.97 Å². The normalized spacial score (nSPS) is 10.9. The lowest BCUT2D eigenvalue weighted by Gasteiger charge is -2.05. The zero-order valence-corrected chi connectivity index (χ0v) is 14.1. The number of hydrogen-bond donors (Lipinski definition) is 0. The number of carbonyl (C=O) groups is 1. The molecule has 0 spiro atoms. The Labute approximate surface area is 142 Å². The molecule has 0 N–H and O–H groups in total. The maximum atomic E-state index is 12.2. The monoisotopic (exact) mass is 321 g/mol. The second-order valence-corrected chi connectivity index (χ2v) is 6.04. The van der Waals surface area contributed by atoms with Crippen LogP contribution in [0.1, 0.15) is 43.0 Å². The molecule has 124 valence electrons. The van der Waals surface area contributed by atoms with E-state index in [2.05, 4.69) is 25.1 Å². The van der Waals surface area contributed by atoms with Gasteiger partial charge in [-0.3, -0.25) is 0 Å². The van der Waals surface area contributed by atoms with Crippen molar-refractivity contribution in [3.05, 3.63) is 66.5 Å². The Morgan fingerprint density at radius 3 is 2.58 bits per heavy atom. The van der Waals surface area contributed by atoms with Crippen molar-refractivity contribution in [1.82, 2.24) is 4.40 Å². The van der Waals surface area contributed by atoms with Crippen LogP contribution in [0.3, 0.4) is 0 Å². The summed E-state index contributed by atoms with van der Waals surface area (Å²) in [5, 5.41) is 0. The standard InChI is InChI=1S/C21H23NO2/c1-2-3-4-8-13-24-21(23)18-11-12-20-14-19(16-22(20)15-18)17-9-6-5-7-10-17/h5-7,9-12,14-16H,2-4,8,13H2,1H3. The fourth-order valence-electron chi connectivity index (χ4n) is 2.80. The second kappa shape index (κ2) is 7.82. The minimum Gasteiger partial charge on any atom is -0.462 e. The molecular weight excluding hydrogens is 298 g/mol. The van der Waals surface area contributed by atoms with Crippen molar-refractivity contribution in [2.24, 2.45) is 0 Å². The van der Waals surface area contributed by atoms with Crippen LogP contribution >= 0.6 is 0 Å². The Balaban J connectivity index is 1.70. The third-order valence-electron chi connectivity index (χ3n) is 4.17. The number of carbonyl (C=O) groups excluding carboxylic acids is 1. The number of rotatable bonds is 7. The summed E-state index contributed by atoms with van der Waals surface area (Å²) in [4.78, 5) is 12.2. The Morgan fingerprint density at radius 1 is 0.958 bits per heavy atom. The first-order chi connectivity index (χ1) is 11.8. The van der Waals surface area contributed by atoms with Crippen LogP contribution < -0.4 is 0 Å². The SMILES string of the molecule is CCCCCCOC(=O)c1ccc2cc(-c3ccccc3)cn2c1. The molecule has 0 aliphatic carbocycles. The molecule has 2 aromatic heterocycles. The highest BCUT2D eigenvalue weighted by Gasteiger charge is 2.09. The van der Waals surface area contributed by atoms with Gasteiger partial charge in [0.05, 0.1) is 12.2 Å². The summed E-state index contributed by atoms with van der Waals surface area (Å²) in [7, 11) is 0. The third kappa shape index (κ3) is 3.85. The summed E-state index contributed by atoms with van der Waals surface area (Å²) in [6.07, 6.45) is 8.31. The van der Waals surface area contributed by atoms with Crippen LogP contribution in [-0.4, -0.2) is 17.0 Å². The summed E-state index contributed by atoms with van der Waals surface area (Å²) in [5.74, 6) is -0.247. The van der Waals surface area contributed by atoms with Crippen LogP contribution in [0.25, 0.3) is 16.6 Å². The van der Waals surface area contributed by atoms with Gasteiger partial charge in [-0.1, -0.05) is 56.5 Å². The highest BCUT2D eigenvalue weighted by molar-refractivity contribution is 5.89. The fourth-order valence-corrected chi connectivity index (χ4v) is 2.80. The minimum absolute atomic E-state index is 0.247. The molecule has 0 saturated heterocycles. The average Bonchev–Trinajstić information content (AvgIpc) is 3.05. The molecule has 0 saturated carbocycles. The second-order valence-electron chi connectivity index (χ2n) is 6.04. The largest absolute Gasteiger partial charge is 0.462 e. The van der Waals surface area contributed by atoms with Gasteiger partial charge in [0, 0.05) is 23.5 Å². The lowest BCUT2D eigenvalue weighted by Crippen LogP contribution is -2.07. The average molecular weight is 321 g/mol. The van der Waals surface area contributed by atoms with Crippen molar-refractivity contribution in [2.75, 3.05) is 6.61 Å². The topological polar surface area (TPSA) is 30.7 Å². The molecule has 0 amide bonds. The molecule has 0 unspecified atom stereocenters. The van der Waals surface area contributed by atoms with E-state index in [-0.39, 0.29) is 5.97 Å². The Bertz CT molecular complexity index is 805. The first-order valence-corrected chi connectivity index (χ1v) is 8.62. The van der Waals surface area contributed by atoms with Crippen LogP contribution in [-0.2, 0) is 4.74 Å². The Hall–Kier alpha value is -2.55. The predicted octanol–water partition coefficient (Wildman–Crippen LogP) is 5.34. The maximum Gasteiger partial charge on any atom is 0.339 e. The van der Waals surface area contributed by atoms with Crippen molar-refractivity contribution < 1.29 is 9.53 Å². The van der Waals surface area contributed by atoms with E-state index in [1.54, 1.807) is 0 Å². The van der Waals surface area contributed by atoms with E-state index in [4.69, 9.17) is 4.74 Å². The molecular formula is C21H23NO2. The number of esters is 1. The van der Waals surface area contributed by atoms with Gasteiger partial charge < -0.3 is 9.14 Å². The molecule has 1 aromatic carbocycles. The fraction of sp³-hybridized carbons (Fsp3) is 0.286. The number of unbranched alkanes of at least 4 members (excludes halogenated alkanes) is 3. The lowest BCUT2D eigenvalue weighted by molar-refractivity contribution is 0.0497. The van der Waals surface area contributed by atoms with Gasteiger partial charge in [-0.15, -0.1) is 0 Å². The highest BCUT2D eigenvalue weighted by Crippen LogP contribution is 2.22. The van der Waals surface area contributed by atoms with Crippen molar-refractivity contribution in [3.8, 4) is 11.1 Å². The number of ether oxygens (including phenoxy) is 1. The zero-order chi connectivity index (χ0) is 16.8. The number of nitrogens with zero attached hydrogens (tertiary/aromatic N) is 1. The van der Waals surface area contributed by atoms with Gasteiger partial charge in [-0.25, -0.2) is 4.79 Å². The van der Waals surface area contributed by atoms with E-state index in [1.807, 2.05) is 47.1 Å². The van der Waals surface area contributed by atoms with E-state index in [9.17, 15) is 4.79 Å². The van der Waals surface area contributed by atoms with Crippen LogP contribution in [0.4, 0.5) is 0 Å². The zero-order valence-electron chi connectivity index (χ0n) is 14.1.